The van der Waals surface area contributed by atoms with Gasteiger partial charge in [0.05, 0.1) is 18.7 Å². The lowest BCUT2D eigenvalue weighted by Gasteiger charge is -2.30. The van der Waals surface area contributed by atoms with Crippen LogP contribution in [0.5, 0.6) is 0 Å². The maximum absolute atomic E-state index is 12.4. The summed E-state index contributed by atoms with van der Waals surface area (Å²) in [6, 6.07) is 13.0. The van der Waals surface area contributed by atoms with Crippen LogP contribution in [0.25, 0.3) is 0 Å². The van der Waals surface area contributed by atoms with Crippen molar-refractivity contribution in [3.63, 3.8) is 0 Å². The molecule has 0 fully saturated rings. The van der Waals surface area contributed by atoms with Crippen molar-refractivity contribution < 1.29 is 14.3 Å². The predicted molar refractivity (Wildman–Crippen MR) is 101 cm³/mol. The summed E-state index contributed by atoms with van der Waals surface area (Å²) in [7, 11) is 3.30. The van der Waals surface area contributed by atoms with Crippen LogP contribution in [-0.2, 0) is 16.1 Å². The number of nitrogens with one attached hydrogen (secondary N) is 2. The van der Waals surface area contributed by atoms with E-state index in [0.29, 0.717) is 24.4 Å². The number of carbonyl (C=O) groups excluding carboxylic acids is 2. The Hall–Kier alpha value is -2.64. The summed E-state index contributed by atoms with van der Waals surface area (Å²) in [6.45, 7) is 1.13. The zero-order valence-electron chi connectivity index (χ0n) is 14.7. The molecule has 2 N–H and O–H groups in total. The van der Waals surface area contributed by atoms with E-state index in [0.717, 1.165) is 10.4 Å². The van der Waals surface area contributed by atoms with Gasteiger partial charge >= 0.3 is 12.0 Å². The SMILES string of the molecule is COC(=O)C1=C(CN(C)Cc2ccccc2)NC(=O)NC1c1cccs1. The third kappa shape index (κ3) is 4.12. The Morgan fingerprint density at radius 2 is 1.96 bits per heavy atom. The van der Waals surface area contributed by atoms with Crippen LogP contribution < -0.4 is 10.6 Å². The van der Waals surface area contributed by atoms with Gasteiger partial charge in [-0.15, -0.1) is 11.3 Å². The van der Waals surface area contributed by atoms with Crippen LogP contribution in [0, 0.1) is 0 Å². The second kappa shape index (κ2) is 8.16. The Bertz CT molecular complexity index is 803. The average molecular weight is 371 g/mol. The van der Waals surface area contributed by atoms with Crippen LogP contribution in [0.3, 0.4) is 0 Å². The van der Waals surface area contributed by atoms with Crippen molar-refractivity contribution in [2.45, 2.75) is 12.6 Å². The van der Waals surface area contributed by atoms with Crippen molar-refractivity contribution >= 4 is 23.3 Å². The van der Waals surface area contributed by atoms with Gasteiger partial charge in [0.25, 0.3) is 0 Å². The van der Waals surface area contributed by atoms with E-state index in [1.807, 2.05) is 59.8 Å². The molecule has 26 heavy (non-hydrogen) atoms. The first-order valence-electron chi connectivity index (χ1n) is 8.23. The summed E-state index contributed by atoms with van der Waals surface area (Å²) in [6.07, 6.45) is 0. The molecule has 2 aromatic rings. The van der Waals surface area contributed by atoms with Crippen LogP contribution in [-0.4, -0.2) is 37.6 Å². The molecule has 1 atom stereocenters. The molecule has 1 aromatic heterocycles. The first-order chi connectivity index (χ1) is 12.6. The fourth-order valence-corrected chi connectivity index (χ4v) is 3.77. The largest absolute Gasteiger partial charge is 0.466 e. The minimum Gasteiger partial charge on any atom is -0.466 e. The highest BCUT2D eigenvalue weighted by atomic mass is 32.1. The van der Waals surface area contributed by atoms with E-state index in [1.54, 1.807) is 0 Å². The second-order valence-corrected chi connectivity index (χ2v) is 7.07. The highest BCUT2D eigenvalue weighted by Gasteiger charge is 2.34. The molecule has 1 aliphatic rings. The van der Waals surface area contributed by atoms with Crippen molar-refractivity contribution in [3.8, 4) is 0 Å². The summed E-state index contributed by atoms with van der Waals surface area (Å²) in [5, 5.41) is 7.52. The summed E-state index contributed by atoms with van der Waals surface area (Å²) >= 11 is 1.49. The van der Waals surface area contributed by atoms with Crippen molar-refractivity contribution in [1.29, 1.82) is 0 Å². The molecule has 3 rings (SSSR count). The van der Waals surface area contributed by atoms with Crippen molar-refractivity contribution in [2.75, 3.05) is 20.7 Å². The van der Waals surface area contributed by atoms with E-state index in [4.69, 9.17) is 4.74 Å². The van der Waals surface area contributed by atoms with E-state index < -0.39 is 12.0 Å². The number of thiophene rings is 1. The third-order valence-electron chi connectivity index (χ3n) is 4.11. The van der Waals surface area contributed by atoms with Gasteiger partial charge in [-0.1, -0.05) is 36.4 Å². The standard InChI is InChI=1S/C19H21N3O3S/c1-22(11-13-7-4-3-5-8-13)12-14-16(18(23)25-2)17(21-19(24)20-14)15-9-6-10-26-15/h3-10,17H,11-12H2,1-2H3,(H2,20,21,24). The molecule has 136 valence electrons. The molecule has 1 aliphatic heterocycles. The van der Waals surface area contributed by atoms with E-state index >= 15 is 0 Å². The number of esters is 1. The number of hydrogen-bond donors (Lipinski definition) is 2. The van der Waals surface area contributed by atoms with Gasteiger partial charge in [0.2, 0.25) is 0 Å². The normalized spacial score (nSPS) is 17.0. The lowest BCUT2D eigenvalue weighted by Crippen LogP contribution is -2.47. The van der Waals surface area contributed by atoms with E-state index in [9.17, 15) is 9.59 Å². The van der Waals surface area contributed by atoms with Crippen LogP contribution >= 0.6 is 11.3 Å². The molecule has 7 heteroatoms. The fourth-order valence-electron chi connectivity index (χ4n) is 2.98. The van der Waals surface area contributed by atoms with Crippen molar-refractivity contribution in [1.82, 2.24) is 15.5 Å². The zero-order chi connectivity index (χ0) is 18.5. The topological polar surface area (TPSA) is 70.7 Å². The number of likely N-dealkylation sites (N-methyl/N-ethyl adjacent to an activating group) is 1. The molecular formula is C19H21N3O3S. The van der Waals surface area contributed by atoms with Crippen LogP contribution in [0.1, 0.15) is 16.5 Å². The molecular weight excluding hydrogens is 350 g/mol. The van der Waals surface area contributed by atoms with Crippen LogP contribution in [0.4, 0.5) is 4.79 Å². The molecule has 0 saturated carbocycles. The molecule has 0 bridgehead atoms. The number of carbonyl (C=O) groups is 2. The summed E-state index contributed by atoms with van der Waals surface area (Å²) in [5.74, 6) is -0.445. The maximum Gasteiger partial charge on any atom is 0.338 e. The lowest BCUT2D eigenvalue weighted by atomic mass is 10.0. The van der Waals surface area contributed by atoms with Gasteiger partial charge in [-0.25, -0.2) is 9.59 Å². The predicted octanol–water partition coefficient (Wildman–Crippen LogP) is 2.66. The fraction of sp³-hybridized carbons (Fsp3) is 0.263. The number of methoxy groups -OCH3 is 1. The van der Waals surface area contributed by atoms with Gasteiger partial charge in [-0.2, -0.15) is 0 Å². The Labute approximate surface area is 156 Å². The summed E-state index contributed by atoms with van der Waals surface area (Å²) in [5.41, 5.74) is 2.16. The number of ether oxygens (including phenoxy) is 1. The highest BCUT2D eigenvalue weighted by Crippen LogP contribution is 2.30. The van der Waals surface area contributed by atoms with E-state index in [-0.39, 0.29) is 6.03 Å². The van der Waals surface area contributed by atoms with Crippen LogP contribution in [0.2, 0.25) is 0 Å². The molecule has 0 saturated heterocycles. The number of amides is 2. The smallest absolute Gasteiger partial charge is 0.338 e. The Kier molecular flexibility index (Phi) is 5.70. The summed E-state index contributed by atoms with van der Waals surface area (Å²) in [4.78, 5) is 27.5. The summed E-state index contributed by atoms with van der Waals surface area (Å²) < 4.78 is 4.98. The second-order valence-electron chi connectivity index (χ2n) is 6.09. The van der Waals surface area contributed by atoms with Gasteiger partial charge in [0, 0.05) is 23.7 Å². The number of hydrogen-bond acceptors (Lipinski definition) is 5. The molecule has 0 spiro atoms. The highest BCUT2D eigenvalue weighted by molar-refractivity contribution is 7.10. The van der Waals surface area contributed by atoms with Gasteiger partial charge in [0.15, 0.2) is 0 Å². The quantitative estimate of drug-likeness (QED) is 0.766. The molecule has 0 aliphatic carbocycles. The third-order valence-corrected chi connectivity index (χ3v) is 5.05. The lowest BCUT2D eigenvalue weighted by molar-refractivity contribution is -0.136. The Morgan fingerprint density at radius 3 is 2.62 bits per heavy atom. The molecule has 6 nitrogen and oxygen atoms in total. The van der Waals surface area contributed by atoms with Gasteiger partial charge in [0.1, 0.15) is 0 Å². The van der Waals surface area contributed by atoms with Crippen LogP contribution in [0.15, 0.2) is 59.1 Å². The Morgan fingerprint density at radius 1 is 1.19 bits per heavy atom. The van der Waals surface area contributed by atoms with Crippen molar-refractivity contribution in [2.24, 2.45) is 0 Å². The zero-order valence-corrected chi connectivity index (χ0v) is 15.5. The molecule has 2 amide bonds. The minimum atomic E-state index is -0.503. The van der Waals surface area contributed by atoms with Gasteiger partial charge in [-0.3, -0.25) is 4.90 Å². The molecule has 2 heterocycles. The molecule has 1 aromatic carbocycles. The molecule has 0 radical (unpaired) electrons. The Balaban J connectivity index is 1.88. The number of urea groups is 1. The van der Waals surface area contributed by atoms with Gasteiger partial charge in [-0.05, 0) is 24.1 Å². The minimum absolute atomic E-state index is 0.320. The van der Waals surface area contributed by atoms with E-state index in [2.05, 4.69) is 10.6 Å². The molecule has 1 unspecified atom stereocenters. The van der Waals surface area contributed by atoms with Crippen molar-refractivity contribution in [3.05, 3.63) is 69.6 Å². The monoisotopic (exact) mass is 371 g/mol. The van der Waals surface area contributed by atoms with E-state index in [1.165, 1.54) is 18.4 Å². The maximum atomic E-state index is 12.4. The average Bonchev–Trinajstić information content (AvgIpc) is 3.16. The first-order valence-corrected chi connectivity index (χ1v) is 9.11. The number of benzene rings is 1. The number of nitrogens with zero attached hydrogens (tertiary/aromatic N) is 1. The first kappa shape index (κ1) is 18.2. The number of rotatable bonds is 6. The van der Waals surface area contributed by atoms with Gasteiger partial charge < -0.3 is 15.4 Å².